The number of nitrogens with one attached hydrogen (secondary N) is 1. The SMILES string of the molecule is CC(C)CCCCCCNCc1cccn1C. The largest absolute Gasteiger partial charge is 0.353 e. The minimum Gasteiger partial charge on any atom is -0.353 e. The van der Waals surface area contributed by atoms with Gasteiger partial charge >= 0.3 is 0 Å². The number of aryl methyl sites for hydroxylation is 1. The Bertz CT molecular complexity index is 289. The van der Waals surface area contributed by atoms with E-state index in [1.165, 1.54) is 37.8 Å². The predicted octanol–water partition coefficient (Wildman–Crippen LogP) is 3.72. The molecule has 0 aromatic carbocycles. The first-order valence-corrected chi connectivity index (χ1v) is 7.01. The zero-order valence-corrected chi connectivity index (χ0v) is 11.7. The third kappa shape index (κ3) is 6.52. The molecule has 0 aliphatic heterocycles. The van der Waals surface area contributed by atoms with Crippen molar-refractivity contribution in [3.05, 3.63) is 24.0 Å². The molecule has 0 saturated heterocycles. The fourth-order valence-corrected chi connectivity index (χ4v) is 2.05. The van der Waals surface area contributed by atoms with E-state index in [-0.39, 0.29) is 0 Å². The molecule has 0 atom stereocenters. The minimum atomic E-state index is 0.866. The van der Waals surface area contributed by atoms with Crippen LogP contribution < -0.4 is 5.32 Å². The van der Waals surface area contributed by atoms with E-state index in [1.807, 2.05) is 0 Å². The van der Waals surface area contributed by atoms with Crippen LogP contribution in [-0.2, 0) is 13.6 Å². The zero-order valence-electron chi connectivity index (χ0n) is 11.7. The van der Waals surface area contributed by atoms with Crippen molar-refractivity contribution in [3.8, 4) is 0 Å². The molecule has 0 unspecified atom stereocenters. The Morgan fingerprint density at radius 2 is 1.94 bits per heavy atom. The smallest absolute Gasteiger partial charge is 0.0359 e. The van der Waals surface area contributed by atoms with Crippen LogP contribution in [0.5, 0.6) is 0 Å². The monoisotopic (exact) mass is 236 g/mol. The van der Waals surface area contributed by atoms with Gasteiger partial charge in [0.2, 0.25) is 0 Å². The van der Waals surface area contributed by atoms with E-state index in [0.29, 0.717) is 0 Å². The van der Waals surface area contributed by atoms with Gasteiger partial charge in [0.15, 0.2) is 0 Å². The Labute approximate surface area is 106 Å². The van der Waals surface area contributed by atoms with Crippen LogP contribution in [0.15, 0.2) is 18.3 Å². The van der Waals surface area contributed by atoms with Gasteiger partial charge in [-0.05, 0) is 31.0 Å². The maximum absolute atomic E-state index is 3.51. The summed E-state index contributed by atoms with van der Waals surface area (Å²) >= 11 is 0. The highest BCUT2D eigenvalue weighted by atomic mass is 15.0. The first kappa shape index (κ1) is 14.3. The van der Waals surface area contributed by atoms with Crippen molar-refractivity contribution >= 4 is 0 Å². The van der Waals surface area contributed by atoms with Crippen molar-refractivity contribution < 1.29 is 0 Å². The molecule has 0 aliphatic carbocycles. The Morgan fingerprint density at radius 3 is 2.59 bits per heavy atom. The van der Waals surface area contributed by atoms with Crippen LogP contribution in [0.3, 0.4) is 0 Å². The third-order valence-electron chi connectivity index (χ3n) is 3.24. The number of aromatic nitrogens is 1. The maximum atomic E-state index is 3.51. The topological polar surface area (TPSA) is 17.0 Å². The zero-order chi connectivity index (χ0) is 12.5. The van der Waals surface area contributed by atoms with Gasteiger partial charge in [0.25, 0.3) is 0 Å². The Kier molecular flexibility index (Phi) is 7.02. The second kappa shape index (κ2) is 8.35. The third-order valence-corrected chi connectivity index (χ3v) is 3.24. The second-order valence-corrected chi connectivity index (χ2v) is 5.38. The summed E-state index contributed by atoms with van der Waals surface area (Å²) in [4.78, 5) is 0. The molecule has 2 heteroatoms. The van der Waals surface area contributed by atoms with Crippen LogP contribution in [0.25, 0.3) is 0 Å². The molecule has 1 aromatic rings. The van der Waals surface area contributed by atoms with E-state index in [9.17, 15) is 0 Å². The molecule has 0 saturated carbocycles. The molecule has 1 rings (SSSR count). The predicted molar refractivity (Wildman–Crippen MR) is 75.0 cm³/mol. The van der Waals surface area contributed by atoms with Crippen LogP contribution in [0.1, 0.15) is 51.6 Å². The van der Waals surface area contributed by atoms with E-state index in [1.54, 1.807) is 0 Å². The quantitative estimate of drug-likeness (QED) is 0.647. The molecule has 1 aromatic heterocycles. The van der Waals surface area contributed by atoms with Crippen LogP contribution in [0.2, 0.25) is 0 Å². The van der Waals surface area contributed by atoms with Crippen molar-refractivity contribution in [1.29, 1.82) is 0 Å². The van der Waals surface area contributed by atoms with E-state index < -0.39 is 0 Å². The molecular weight excluding hydrogens is 208 g/mol. The number of unbranched alkanes of at least 4 members (excludes halogenated alkanes) is 3. The summed E-state index contributed by atoms with van der Waals surface area (Å²) in [5, 5.41) is 3.51. The van der Waals surface area contributed by atoms with Gasteiger partial charge in [-0.3, -0.25) is 0 Å². The highest BCUT2D eigenvalue weighted by molar-refractivity contribution is 5.05. The Hall–Kier alpha value is -0.760. The summed E-state index contributed by atoms with van der Waals surface area (Å²) < 4.78 is 2.18. The molecule has 0 aliphatic rings. The lowest BCUT2D eigenvalue weighted by molar-refractivity contribution is 0.511. The molecule has 1 heterocycles. The van der Waals surface area contributed by atoms with E-state index in [2.05, 4.69) is 49.1 Å². The molecule has 0 fully saturated rings. The lowest BCUT2D eigenvalue weighted by atomic mass is 10.0. The van der Waals surface area contributed by atoms with Gasteiger partial charge in [-0.2, -0.15) is 0 Å². The summed E-state index contributed by atoms with van der Waals surface area (Å²) in [5.74, 6) is 0.866. The Balaban J connectivity index is 1.90. The van der Waals surface area contributed by atoms with Crippen LogP contribution in [-0.4, -0.2) is 11.1 Å². The van der Waals surface area contributed by atoms with Gasteiger partial charge in [-0.1, -0.05) is 39.5 Å². The van der Waals surface area contributed by atoms with Crippen molar-refractivity contribution in [1.82, 2.24) is 9.88 Å². The molecule has 0 bridgehead atoms. The van der Waals surface area contributed by atoms with Crippen LogP contribution >= 0.6 is 0 Å². The summed E-state index contributed by atoms with van der Waals surface area (Å²) in [5.41, 5.74) is 1.37. The molecule has 17 heavy (non-hydrogen) atoms. The van der Waals surface area contributed by atoms with Gasteiger partial charge < -0.3 is 9.88 Å². The van der Waals surface area contributed by atoms with Crippen molar-refractivity contribution in [2.45, 2.75) is 52.5 Å². The lowest BCUT2D eigenvalue weighted by Crippen LogP contribution is -2.16. The first-order valence-electron chi connectivity index (χ1n) is 7.01. The lowest BCUT2D eigenvalue weighted by Gasteiger charge is -2.07. The maximum Gasteiger partial charge on any atom is 0.0359 e. The number of nitrogens with zero attached hydrogens (tertiary/aromatic N) is 1. The summed E-state index contributed by atoms with van der Waals surface area (Å²) in [7, 11) is 2.10. The van der Waals surface area contributed by atoms with Crippen molar-refractivity contribution in [3.63, 3.8) is 0 Å². The highest BCUT2D eigenvalue weighted by Crippen LogP contribution is 2.09. The average molecular weight is 236 g/mol. The van der Waals surface area contributed by atoms with Gasteiger partial charge in [0.1, 0.15) is 0 Å². The van der Waals surface area contributed by atoms with E-state index in [0.717, 1.165) is 19.0 Å². The van der Waals surface area contributed by atoms with E-state index >= 15 is 0 Å². The molecule has 1 N–H and O–H groups in total. The van der Waals surface area contributed by atoms with Gasteiger partial charge in [-0.25, -0.2) is 0 Å². The van der Waals surface area contributed by atoms with Crippen molar-refractivity contribution in [2.24, 2.45) is 13.0 Å². The number of rotatable bonds is 9. The molecule has 0 amide bonds. The summed E-state index contributed by atoms with van der Waals surface area (Å²) in [6.07, 6.45) is 8.95. The van der Waals surface area contributed by atoms with Crippen molar-refractivity contribution in [2.75, 3.05) is 6.54 Å². The standard InChI is InChI=1S/C15H28N2/c1-14(2)9-6-4-5-7-11-16-13-15-10-8-12-17(15)3/h8,10,12,14,16H,4-7,9,11,13H2,1-3H3. The second-order valence-electron chi connectivity index (χ2n) is 5.38. The highest BCUT2D eigenvalue weighted by Gasteiger charge is 1.97. The van der Waals surface area contributed by atoms with Crippen LogP contribution in [0.4, 0.5) is 0 Å². The van der Waals surface area contributed by atoms with Crippen LogP contribution in [0, 0.1) is 5.92 Å². The number of hydrogen-bond donors (Lipinski definition) is 1. The molecule has 2 nitrogen and oxygen atoms in total. The van der Waals surface area contributed by atoms with Gasteiger partial charge in [0, 0.05) is 25.5 Å². The van der Waals surface area contributed by atoms with Gasteiger partial charge in [-0.15, -0.1) is 0 Å². The average Bonchev–Trinajstić information content (AvgIpc) is 2.68. The molecule has 98 valence electrons. The first-order chi connectivity index (χ1) is 8.20. The summed E-state index contributed by atoms with van der Waals surface area (Å²) in [6, 6.07) is 4.28. The van der Waals surface area contributed by atoms with Gasteiger partial charge in [0.05, 0.1) is 0 Å². The fraction of sp³-hybridized carbons (Fsp3) is 0.733. The fourth-order valence-electron chi connectivity index (χ4n) is 2.05. The molecular formula is C15H28N2. The minimum absolute atomic E-state index is 0.866. The Morgan fingerprint density at radius 1 is 1.18 bits per heavy atom. The number of hydrogen-bond acceptors (Lipinski definition) is 1. The normalized spacial score (nSPS) is 11.3. The molecule has 0 spiro atoms. The van der Waals surface area contributed by atoms with E-state index in [4.69, 9.17) is 0 Å². The summed E-state index contributed by atoms with van der Waals surface area (Å²) in [6.45, 7) is 6.76. The molecule has 0 radical (unpaired) electrons.